The van der Waals surface area contributed by atoms with Gasteiger partial charge in [0.15, 0.2) is 0 Å². The second-order valence-electron chi connectivity index (χ2n) is 5.65. The first-order valence-electron chi connectivity index (χ1n) is 6.77. The molecule has 1 aromatic rings. The van der Waals surface area contributed by atoms with Gasteiger partial charge in [0, 0.05) is 25.8 Å². The van der Waals surface area contributed by atoms with Gasteiger partial charge in [-0.2, -0.15) is 13.2 Å². The summed E-state index contributed by atoms with van der Waals surface area (Å²) in [5, 5.41) is 0. The molecule has 0 radical (unpaired) electrons. The van der Waals surface area contributed by atoms with Gasteiger partial charge in [0.25, 0.3) is 0 Å². The number of rotatable bonds is 2. The molecular weight excluding hydrogens is 253 g/mol. The van der Waals surface area contributed by atoms with Crippen LogP contribution in [0.5, 0.6) is 0 Å². The lowest BCUT2D eigenvalue weighted by Gasteiger charge is -2.19. The molecule has 2 atom stereocenters. The Balaban J connectivity index is 1.74. The Morgan fingerprint density at radius 3 is 2.53 bits per heavy atom. The molecule has 3 rings (SSSR count). The molecule has 1 aromatic heterocycles. The van der Waals surface area contributed by atoms with Crippen LogP contribution in [0.1, 0.15) is 30.5 Å². The molecule has 19 heavy (non-hydrogen) atoms. The lowest BCUT2D eigenvalue weighted by atomic mass is 10.0. The largest absolute Gasteiger partial charge is 0.433 e. The second-order valence-corrected chi connectivity index (χ2v) is 5.65. The van der Waals surface area contributed by atoms with Crippen LogP contribution in [-0.4, -0.2) is 23.0 Å². The third-order valence-electron chi connectivity index (χ3n) is 4.36. The zero-order chi connectivity index (χ0) is 13.5. The van der Waals surface area contributed by atoms with Crippen LogP contribution in [0.2, 0.25) is 0 Å². The number of hydrogen-bond acceptors (Lipinski definition) is 2. The van der Waals surface area contributed by atoms with Crippen molar-refractivity contribution < 1.29 is 13.2 Å². The number of nitrogens with zero attached hydrogens (tertiary/aromatic N) is 2. The van der Waals surface area contributed by atoms with Crippen molar-refractivity contribution in [3.05, 3.63) is 29.6 Å². The molecule has 104 valence electrons. The van der Waals surface area contributed by atoms with E-state index < -0.39 is 11.9 Å². The molecule has 0 spiro atoms. The lowest BCUT2D eigenvalue weighted by Crippen LogP contribution is -2.23. The summed E-state index contributed by atoms with van der Waals surface area (Å²) in [7, 11) is 0. The first-order valence-corrected chi connectivity index (χ1v) is 6.77. The topological polar surface area (TPSA) is 16.1 Å². The van der Waals surface area contributed by atoms with Gasteiger partial charge in [-0.25, -0.2) is 0 Å². The van der Waals surface area contributed by atoms with Gasteiger partial charge in [-0.1, -0.05) is 12.5 Å². The standard InChI is InChI=1S/C14H17F3N2/c15-14(16,17)13-12(5-2-6-18-13)9-19-7-10-3-1-4-11(10)8-19/h2,5-6,10-11H,1,3-4,7-9H2. The van der Waals surface area contributed by atoms with E-state index in [0.717, 1.165) is 13.1 Å². The predicted octanol–water partition coefficient (Wildman–Crippen LogP) is 3.33. The molecule has 1 saturated carbocycles. The van der Waals surface area contributed by atoms with Crippen molar-refractivity contribution in [2.24, 2.45) is 11.8 Å². The highest BCUT2D eigenvalue weighted by atomic mass is 19.4. The SMILES string of the molecule is FC(F)(F)c1ncccc1CN1CC2CCCC2C1. The van der Waals surface area contributed by atoms with E-state index >= 15 is 0 Å². The van der Waals surface area contributed by atoms with Crippen LogP contribution in [0.15, 0.2) is 18.3 Å². The molecule has 2 aliphatic rings. The highest BCUT2D eigenvalue weighted by Crippen LogP contribution is 2.39. The fourth-order valence-corrected chi connectivity index (χ4v) is 3.52. The number of hydrogen-bond donors (Lipinski definition) is 0. The van der Waals surface area contributed by atoms with E-state index in [1.165, 1.54) is 25.5 Å². The summed E-state index contributed by atoms with van der Waals surface area (Å²) < 4.78 is 38.6. The quantitative estimate of drug-likeness (QED) is 0.819. The fourth-order valence-electron chi connectivity index (χ4n) is 3.52. The Hall–Kier alpha value is -1.10. The van der Waals surface area contributed by atoms with E-state index in [4.69, 9.17) is 0 Å². The maximum atomic E-state index is 12.9. The summed E-state index contributed by atoms with van der Waals surface area (Å²) in [5.74, 6) is 1.40. The molecule has 5 heteroatoms. The summed E-state index contributed by atoms with van der Waals surface area (Å²) in [5.41, 5.74) is -0.429. The highest BCUT2D eigenvalue weighted by molar-refractivity contribution is 5.22. The van der Waals surface area contributed by atoms with E-state index in [-0.39, 0.29) is 0 Å². The average Bonchev–Trinajstić information content (AvgIpc) is 2.88. The minimum Gasteiger partial charge on any atom is -0.298 e. The molecule has 2 fully saturated rings. The molecule has 0 N–H and O–H groups in total. The Bertz CT molecular complexity index is 446. The lowest BCUT2D eigenvalue weighted by molar-refractivity contribution is -0.142. The van der Waals surface area contributed by atoms with Gasteiger partial charge in [-0.05, 0) is 36.3 Å². The van der Waals surface area contributed by atoms with Gasteiger partial charge < -0.3 is 0 Å². The van der Waals surface area contributed by atoms with Gasteiger partial charge in [-0.15, -0.1) is 0 Å². The van der Waals surface area contributed by atoms with Crippen molar-refractivity contribution in [3.8, 4) is 0 Å². The molecule has 1 saturated heterocycles. The number of halogens is 3. The molecule has 2 heterocycles. The average molecular weight is 270 g/mol. The minimum absolute atomic E-state index is 0.301. The molecule has 1 aliphatic carbocycles. The third kappa shape index (κ3) is 2.61. The van der Waals surface area contributed by atoms with Crippen LogP contribution in [0.25, 0.3) is 0 Å². The zero-order valence-electron chi connectivity index (χ0n) is 10.7. The van der Waals surface area contributed by atoms with Crippen molar-refractivity contribution in [3.63, 3.8) is 0 Å². The summed E-state index contributed by atoms with van der Waals surface area (Å²) >= 11 is 0. The Labute approximate surface area is 110 Å². The molecule has 2 unspecified atom stereocenters. The third-order valence-corrected chi connectivity index (χ3v) is 4.36. The van der Waals surface area contributed by atoms with Crippen molar-refractivity contribution in [2.75, 3.05) is 13.1 Å². The number of likely N-dealkylation sites (tertiary alicyclic amines) is 1. The number of aromatic nitrogens is 1. The van der Waals surface area contributed by atoms with E-state index in [0.29, 0.717) is 23.9 Å². The summed E-state index contributed by atoms with van der Waals surface area (Å²) in [4.78, 5) is 5.67. The first kappa shape index (κ1) is 12.9. The molecule has 0 aromatic carbocycles. The maximum Gasteiger partial charge on any atom is 0.433 e. The van der Waals surface area contributed by atoms with Gasteiger partial charge in [0.1, 0.15) is 5.69 Å². The van der Waals surface area contributed by atoms with E-state index in [1.807, 2.05) is 0 Å². The zero-order valence-corrected chi connectivity index (χ0v) is 10.7. The van der Waals surface area contributed by atoms with Crippen LogP contribution in [0.4, 0.5) is 13.2 Å². The van der Waals surface area contributed by atoms with Crippen molar-refractivity contribution in [1.82, 2.24) is 9.88 Å². The summed E-state index contributed by atoms with van der Waals surface area (Å²) in [6.07, 6.45) is 0.613. The van der Waals surface area contributed by atoms with Gasteiger partial charge >= 0.3 is 6.18 Å². The maximum absolute atomic E-state index is 12.9. The van der Waals surface area contributed by atoms with E-state index in [2.05, 4.69) is 9.88 Å². The van der Waals surface area contributed by atoms with Gasteiger partial charge in [0.2, 0.25) is 0 Å². The van der Waals surface area contributed by atoms with Gasteiger partial charge in [-0.3, -0.25) is 9.88 Å². The van der Waals surface area contributed by atoms with Crippen LogP contribution in [0.3, 0.4) is 0 Å². The molecule has 0 bridgehead atoms. The minimum atomic E-state index is -4.35. The number of alkyl halides is 3. The van der Waals surface area contributed by atoms with Crippen molar-refractivity contribution in [2.45, 2.75) is 32.0 Å². The second kappa shape index (κ2) is 4.78. The first-order chi connectivity index (χ1) is 9.04. The summed E-state index contributed by atoms with van der Waals surface area (Å²) in [6.45, 7) is 2.25. The Morgan fingerprint density at radius 2 is 1.89 bits per heavy atom. The monoisotopic (exact) mass is 270 g/mol. The highest BCUT2D eigenvalue weighted by Gasteiger charge is 2.38. The normalized spacial score (nSPS) is 27.7. The van der Waals surface area contributed by atoms with Crippen LogP contribution in [0, 0.1) is 11.8 Å². The van der Waals surface area contributed by atoms with Crippen molar-refractivity contribution in [1.29, 1.82) is 0 Å². The Kier molecular flexibility index (Phi) is 3.25. The molecular formula is C14H17F3N2. The fraction of sp³-hybridized carbons (Fsp3) is 0.643. The Morgan fingerprint density at radius 1 is 1.21 bits per heavy atom. The van der Waals surface area contributed by atoms with Crippen LogP contribution >= 0.6 is 0 Å². The predicted molar refractivity (Wildman–Crippen MR) is 65.3 cm³/mol. The van der Waals surface area contributed by atoms with Crippen LogP contribution < -0.4 is 0 Å². The van der Waals surface area contributed by atoms with E-state index in [1.54, 1.807) is 12.1 Å². The number of pyridine rings is 1. The molecule has 1 aliphatic heterocycles. The molecule has 2 nitrogen and oxygen atoms in total. The van der Waals surface area contributed by atoms with E-state index in [9.17, 15) is 13.2 Å². The smallest absolute Gasteiger partial charge is 0.298 e. The van der Waals surface area contributed by atoms with Crippen LogP contribution in [-0.2, 0) is 12.7 Å². The van der Waals surface area contributed by atoms with Gasteiger partial charge in [0.05, 0.1) is 0 Å². The van der Waals surface area contributed by atoms with Crippen molar-refractivity contribution >= 4 is 0 Å². The number of fused-ring (bicyclic) bond motifs is 1. The molecule has 0 amide bonds. The summed E-state index contributed by atoms with van der Waals surface area (Å²) in [6, 6.07) is 3.13.